The van der Waals surface area contributed by atoms with Gasteiger partial charge in [-0.1, -0.05) is 40.2 Å². The van der Waals surface area contributed by atoms with Crippen molar-refractivity contribution in [3.8, 4) is 0 Å². The lowest BCUT2D eigenvalue weighted by atomic mass is 9.46. The van der Waals surface area contributed by atoms with Crippen LogP contribution in [0.15, 0.2) is 11.6 Å². The summed E-state index contributed by atoms with van der Waals surface area (Å²) in [4.78, 5) is 127. The smallest absolute Gasteiger partial charge is 0.303 e. The Kier molecular flexibility index (Phi) is 21.2. The molecule has 0 N–H and O–H groups in total. The molecular weight excluding hydrogens is 1050 g/mol. The third-order valence-electron chi connectivity index (χ3n) is 16.8. The monoisotopic (exact) mass is 1130 g/mol. The molecule has 0 amide bonds. The molecule has 23 nitrogen and oxygen atoms in total. The Hall–Kier alpha value is -5.52. The van der Waals surface area contributed by atoms with Crippen LogP contribution >= 0.6 is 0 Å². The number of esters is 9. The number of rotatable bonds is 20. The van der Waals surface area contributed by atoms with Gasteiger partial charge in [-0.15, -0.1) is 0 Å². The zero-order chi connectivity index (χ0) is 59.3. The van der Waals surface area contributed by atoms with Crippen molar-refractivity contribution in [2.45, 2.75) is 228 Å². The Morgan fingerprint density at radius 3 is 1.44 bits per heavy atom. The number of Topliss-reactive ketones (excluding diaryl/α,β-unsaturated/α-hetero) is 1. The van der Waals surface area contributed by atoms with E-state index in [4.69, 9.17) is 61.6 Å². The van der Waals surface area contributed by atoms with Gasteiger partial charge in [0.25, 0.3) is 0 Å². The van der Waals surface area contributed by atoms with E-state index in [9.17, 15) is 47.9 Å². The fraction of sp³-hybridized carbons (Fsp3) is 0.789. The van der Waals surface area contributed by atoms with Crippen molar-refractivity contribution in [2.24, 2.45) is 46.3 Å². The number of hydrogen-bond acceptors (Lipinski definition) is 23. The Bertz CT molecular complexity index is 2360. The minimum Gasteiger partial charge on any atom is -0.463 e. The predicted molar refractivity (Wildman–Crippen MR) is 273 cm³/mol. The zero-order valence-corrected chi connectivity index (χ0v) is 48.5. The highest BCUT2D eigenvalue weighted by Gasteiger charge is 2.66. The Labute approximate surface area is 467 Å². The van der Waals surface area contributed by atoms with Crippen molar-refractivity contribution in [1.82, 2.24) is 0 Å². The molecule has 80 heavy (non-hydrogen) atoms. The average Bonchev–Trinajstić information content (AvgIpc) is 3.62. The first-order valence-electron chi connectivity index (χ1n) is 27.7. The lowest BCUT2D eigenvalue weighted by molar-refractivity contribution is -0.320. The topological polar surface area (TPSA) is 291 Å². The molecule has 0 aromatic carbocycles. The predicted octanol–water partition coefficient (Wildman–Crippen LogP) is 5.29. The van der Waals surface area contributed by atoms with Gasteiger partial charge < -0.3 is 61.6 Å². The number of ether oxygens (including phenoxy) is 13. The van der Waals surface area contributed by atoms with Crippen LogP contribution in [-0.4, -0.2) is 152 Å². The van der Waals surface area contributed by atoms with E-state index in [1.807, 2.05) is 26.8 Å². The third kappa shape index (κ3) is 15.1. The van der Waals surface area contributed by atoms with Gasteiger partial charge in [-0.3, -0.25) is 47.9 Å². The molecule has 4 aliphatic carbocycles. The number of carbonyl (C=O) groups is 10. The van der Waals surface area contributed by atoms with Crippen molar-refractivity contribution in [2.75, 3.05) is 13.2 Å². The van der Waals surface area contributed by atoms with Crippen molar-refractivity contribution in [3.63, 3.8) is 0 Å². The molecule has 3 saturated carbocycles. The molecule has 0 unspecified atom stereocenters. The molecule has 6 rings (SSSR count). The number of ketones is 1. The fourth-order valence-corrected chi connectivity index (χ4v) is 14.2. The van der Waals surface area contributed by atoms with E-state index < -0.39 is 157 Å². The van der Waals surface area contributed by atoms with Crippen molar-refractivity contribution < 1.29 is 110 Å². The van der Waals surface area contributed by atoms with E-state index in [0.29, 0.717) is 44.9 Å². The van der Waals surface area contributed by atoms with Gasteiger partial charge in [-0.2, -0.15) is 0 Å². The summed E-state index contributed by atoms with van der Waals surface area (Å²) in [6.07, 6.45) is -10.5. The van der Waals surface area contributed by atoms with E-state index in [-0.39, 0.29) is 47.7 Å². The highest BCUT2D eigenvalue weighted by Crippen LogP contribution is 2.68. The van der Waals surface area contributed by atoms with Crippen molar-refractivity contribution in [1.29, 1.82) is 0 Å². The largest absolute Gasteiger partial charge is 0.463 e. The van der Waals surface area contributed by atoms with Gasteiger partial charge in [0.05, 0.1) is 12.2 Å². The molecule has 0 aromatic rings. The SMILES string of the molecule is CC(=O)OC[C@H]1O[C@@H](O[C@H]2CC[C@@]3(C)C(=C[C@H](OC(C)=O)[C@H]4[C@@H]5C[C@H](O[C@@H]6O[C@H](COC(C)=O)[C@@H](OC(C)=O)[C@H](OC(C)=O)[C@H]6OC(C)=O)[C@H]([C@H](C)CC(=O)CC(C)C)[C@@]5(C)CC[C@@H]43)C2)[C@H](OC(C)=O)[C@@H](OC(C)=O)[C@@H]1OC(C)=O. The fourth-order valence-electron chi connectivity index (χ4n) is 14.2. The maximum absolute atomic E-state index is 13.8. The standard InChI is InChI=1S/C57H82O23/c1-26(2)19-38(67)20-27(3)47-43(78-55-53(76-36(12)66)51(74-34(10)64)49(72-32(8)62)45(80-55)25-69-29(5)59)23-41-46-40(16-18-57(41,47)14)56(13)17-15-39(21-37(56)22-42(46)70-30(6)60)77-54-52(75-35(11)65)50(73-33(9)63)48(71-31(7)61)44(79-54)24-68-28(4)58/h22,26-27,39-55H,15-21,23-25H2,1-14H3/t27-,39+,40+,41+,42+,43+,44-,45-,46-,47+,48-,49-,50+,51+,52-,53-,54-,55-,56+,57+/m1/s1. The first kappa shape index (κ1) is 63.7. The maximum Gasteiger partial charge on any atom is 0.303 e. The normalized spacial score (nSPS) is 36.6. The van der Waals surface area contributed by atoms with Crippen LogP contribution in [0.2, 0.25) is 0 Å². The summed E-state index contributed by atoms with van der Waals surface area (Å²) in [5.74, 6) is -7.64. The van der Waals surface area contributed by atoms with E-state index in [1.54, 1.807) is 0 Å². The zero-order valence-electron chi connectivity index (χ0n) is 48.5. The molecular formula is C57H82O23. The van der Waals surface area contributed by atoms with Gasteiger partial charge in [0.1, 0.15) is 37.3 Å². The van der Waals surface area contributed by atoms with Gasteiger partial charge in [0.15, 0.2) is 49.2 Å². The lowest BCUT2D eigenvalue weighted by Crippen LogP contribution is -2.63. The third-order valence-corrected chi connectivity index (χ3v) is 16.8. The Morgan fingerprint density at radius 2 is 0.988 bits per heavy atom. The molecule has 0 aromatic heterocycles. The molecule has 2 saturated heterocycles. The highest BCUT2D eigenvalue weighted by atomic mass is 16.8. The van der Waals surface area contributed by atoms with Crippen LogP contribution in [0.4, 0.5) is 0 Å². The minimum absolute atomic E-state index is 0.0673. The second-order valence-corrected chi connectivity index (χ2v) is 23.4. The number of carbonyl (C=O) groups excluding carboxylic acids is 10. The summed E-state index contributed by atoms with van der Waals surface area (Å²) in [6, 6.07) is 0. The summed E-state index contributed by atoms with van der Waals surface area (Å²) in [5.41, 5.74) is -0.114. The maximum atomic E-state index is 13.8. The second kappa shape index (κ2) is 26.6. The molecule has 20 atom stereocenters. The van der Waals surface area contributed by atoms with Crippen LogP contribution in [0.5, 0.6) is 0 Å². The van der Waals surface area contributed by atoms with Crippen molar-refractivity contribution >= 4 is 59.5 Å². The van der Waals surface area contributed by atoms with Crippen LogP contribution < -0.4 is 0 Å². The first-order chi connectivity index (χ1) is 37.4. The molecule has 5 fully saturated rings. The lowest BCUT2D eigenvalue weighted by Gasteiger charge is -2.60. The van der Waals surface area contributed by atoms with Crippen LogP contribution in [0, 0.1) is 46.3 Å². The highest BCUT2D eigenvalue weighted by molar-refractivity contribution is 5.79. The van der Waals surface area contributed by atoms with Crippen LogP contribution in [0.3, 0.4) is 0 Å². The summed E-state index contributed by atoms with van der Waals surface area (Å²) in [7, 11) is 0. The van der Waals surface area contributed by atoms with Crippen LogP contribution in [0.25, 0.3) is 0 Å². The average molecular weight is 1140 g/mol. The van der Waals surface area contributed by atoms with Crippen molar-refractivity contribution in [3.05, 3.63) is 11.6 Å². The molecule has 6 aliphatic rings. The van der Waals surface area contributed by atoms with Gasteiger partial charge in [0, 0.05) is 81.1 Å². The van der Waals surface area contributed by atoms with Gasteiger partial charge in [-0.25, -0.2) is 0 Å². The second-order valence-electron chi connectivity index (χ2n) is 23.4. The molecule has 0 bridgehead atoms. The molecule has 448 valence electrons. The molecule has 23 heteroatoms. The minimum atomic E-state index is -1.49. The summed E-state index contributed by atoms with van der Waals surface area (Å²) in [6.45, 7) is 20.0. The molecule has 2 aliphatic heterocycles. The van der Waals surface area contributed by atoms with E-state index in [1.165, 1.54) is 20.8 Å². The molecule has 0 spiro atoms. The quantitative estimate of drug-likeness (QED) is 0.0849. The molecule has 0 radical (unpaired) electrons. The van der Waals surface area contributed by atoms with Gasteiger partial charge in [0.2, 0.25) is 0 Å². The van der Waals surface area contributed by atoms with Crippen LogP contribution in [0.1, 0.15) is 148 Å². The van der Waals surface area contributed by atoms with E-state index in [0.717, 1.165) is 47.1 Å². The van der Waals surface area contributed by atoms with E-state index in [2.05, 4.69) is 13.8 Å². The van der Waals surface area contributed by atoms with Crippen LogP contribution in [-0.2, 0) is 110 Å². The van der Waals surface area contributed by atoms with E-state index >= 15 is 0 Å². The number of hydrogen-bond donors (Lipinski definition) is 0. The first-order valence-corrected chi connectivity index (χ1v) is 27.7. The Balaban J connectivity index is 1.39. The van der Waals surface area contributed by atoms with Gasteiger partial charge >= 0.3 is 53.7 Å². The summed E-state index contributed by atoms with van der Waals surface area (Å²) < 4.78 is 77.8. The van der Waals surface area contributed by atoms with Gasteiger partial charge in [-0.05, 0) is 85.0 Å². The Morgan fingerprint density at radius 1 is 0.537 bits per heavy atom. The number of fused-ring (bicyclic) bond motifs is 5. The summed E-state index contributed by atoms with van der Waals surface area (Å²) in [5, 5.41) is 0. The summed E-state index contributed by atoms with van der Waals surface area (Å²) >= 11 is 0. The molecule has 2 heterocycles.